The second kappa shape index (κ2) is 7.16. The van der Waals surface area contributed by atoms with Crippen LogP contribution in [0, 0.1) is 13.8 Å². The molecule has 4 rings (SSSR count). The molecule has 0 spiro atoms. The first-order valence-electron chi connectivity index (χ1n) is 8.96. The van der Waals surface area contributed by atoms with Crippen LogP contribution >= 0.6 is 11.6 Å². The van der Waals surface area contributed by atoms with Gasteiger partial charge in [-0.2, -0.15) is 4.98 Å². The Morgan fingerprint density at radius 2 is 2.07 bits per heavy atom. The minimum atomic E-state index is -0.196. The molecule has 1 saturated heterocycles. The van der Waals surface area contributed by atoms with Crippen LogP contribution in [0.2, 0.25) is 5.02 Å². The van der Waals surface area contributed by atoms with Crippen LogP contribution in [-0.2, 0) is 11.3 Å². The molecule has 1 fully saturated rings. The molecule has 1 aliphatic heterocycles. The number of rotatable bonds is 4. The van der Waals surface area contributed by atoms with Gasteiger partial charge < -0.3 is 9.42 Å². The highest BCUT2D eigenvalue weighted by molar-refractivity contribution is 6.30. The van der Waals surface area contributed by atoms with Gasteiger partial charge in [-0.3, -0.25) is 4.79 Å². The summed E-state index contributed by atoms with van der Waals surface area (Å²) in [5.74, 6) is 1.07. The van der Waals surface area contributed by atoms with Crippen LogP contribution in [0.1, 0.15) is 41.5 Å². The Labute approximate surface area is 163 Å². The van der Waals surface area contributed by atoms with E-state index in [9.17, 15) is 4.79 Å². The molecule has 0 N–H and O–H groups in total. The van der Waals surface area contributed by atoms with E-state index in [1.807, 2.05) is 17.0 Å². The van der Waals surface area contributed by atoms with Crippen LogP contribution in [0.25, 0.3) is 11.4 Å². The summed E-state index contributed by atoms with van der Waals surface area (Å²) >= 11 is 6.05. The quantitative estimate of drug-likeness (QED) is 0.646. The summed E-state index contributed by atoms with van der Waals surface area (Å²) in [6.45, 7) is 4.67. The van der Waals surface area contributed by atoms with Crippen molar-refractivity contribution in [3.8, 4) is 11.4 Å². The molecule has 138 valence electrons. The molecule has 3 aromatic rings. The largest absolute Gasteiger partial charge is 0.337 e. The molecule has 0 bridgehead atoms. The monoisotopic (exact) mass is 381 g/mol. The van der Waals surface area contributed by atoms with Crippen LogP contribution in [-0.4, -0.2) is 20.9 Å². The Morgan fingerprint density at radius 3 is 2.89 bits per heavy atom. The van der Waals surface area contributed by atoms with Gasteiger partial charge in [-0.05, 0) is 43.5 Å². The predicted octanol–water partition coefficient (Wildman–Crippen LogP) is 4.87. The Hall–Kier alpha value is -2.66. The van der Waals surface area contributed by atoms with Gasteiger partial charge in [0.15, 0.2) is 0 Å². The number of amides is 1. The SMILES string of the molecule is Cc1ccc(C)c(CN2C(=O)CCC2c2nc(-c3cccc(Cl)c3)no2)c1. The highest BCUT2D eigenvalue weighted by Crippen LogP contribution is 2.34. The van der Waals surface area contributed by atoms with E-state index in [2.05, 4.69) is 42.2 Å². The van der Waals surface area contributed by atoms with E-state index in [1.54, 1.807) is 12.1 Å². The maximum absolute atomic E-state index is 12.5. The van der Waals surface area contributed by atoms with Crippen molar-refractivity contribution in [3.63, 3.8) is 0 Å². The molecular formula is C21H20ClN3O2. The molecule has 1 aliphatic rings. The van der Waals surface area contributed by atoms with Gasteiger partial charge in [-0.15, -0.1) is 0 Å². The van der Waals surface area contributed by atoms with Crippen molar-refractivity contribution in [3.05, 3.63) is 70.1 Å². The number of benzene rings is 2. The first kappa shape index (κ1) is 17.7. The average Bonchev–Trinajstić information content (AvgIpc) is 3.26. The summed E-state index contributed by atoms with van der Waals surface area (Å²) in [6, 6.07) is 13.4. The number of halogens is 1. The maximum Gasteiger partial charge on any atom is 0.249 e. The molecular weight excluding hydrogens is 362 g/mol. The molecule has 5 nitrogen and oxygen atoms in total. The Balaban J connectivity index is 1.61. The Bertz CT molecular complexity index is 999. The number of hydrogen-bond donors (Lipinski definition) is 0. The van der Waals surface area contributed by atoms with Crippen LogP contribution in [0.5, 0.6) is 0 Å². The van der Waals surface area contributed by atoms with Gasteiger partial charge in [-0.25, -0.2) is 0 Å². The first-order valence-corrected chi connectivity index (χ1v) is 9.34. The van der Waals surface area contributed by atoms with Crippen molar-refractivity contribution in [1.29, 1.82) is 0 Å². The van der Waals surface area contributed by atoms with Crippen molar-refractivity contribution >= 4 is 17.5 Å². The smallest absolute Gasteiger partial charge is 0.249 e. The van der Waals surface area contributed by atoms with E-state index in [0.717, 1.165) is 11.1 Å². The molecule has 2 heterocycles. The minimum absolute atomic E-state index is 0.114. The minimum Gasteiger partial charge on any atom is -0.337 e. The van der Waals surface area contributed by atoms with E-state index in [1.165, 1.54) is 11.1 Å². The first-order chi connectivity index (χ1) is 13.0. The van der Waals surface area contributed by atoms with Crippen molar-refractivity contribution in [2.45, 2.75) is 39.3 Å². The average molecular weight is 382 g/mol. The molecule has 2 aromatic carbocycles. The van der Waals surface area contributed by atoms with E-state index in [-0.39, 0.29) is 11.9 Å². The van der Waals surface area contributed by atoms with Gasteiger partial charge in [0.05, 0.1) is 0 Å². The number of hydrogen-bond acceptors (Lipinski definition) is 4. The third-order valence-electron chi connectivity index (χ3n) is 4.98. The van der Waals surface area contributed by atoms with Gasteiger partial charge in [0.1, 0.15) is 6.04 Å². The molecule has 1 unspecified atom stereocenters. The third kappa shape index (κ3) is 3.60. The van der Waals surface area contributed by atoms with E-state index in [4.69, 9.17) is 16.1 Å². The van der Waals surface area contributed by atoms with Crippen molar-refractivity contribution in [2.75, 3.05) is 0 Å². The molecule has 1 atom stereocenters. The molecule has 0 aliphatic carbocycles. The lowest BCUT2D eigenvalue weighted by Crippen LogP contribution is -2.27. The van der Waals surface area contributed by atoms with Gasteiger partial charge in [0.25, 0.3) is 0 Å². The topological polar surface area (TPSA) is 59.2 Å². The highest BCUT2D eigenvalue weighted by Gasteiger charge is 2.36. The summed E-state index contributed by atoms with van der Waals surface area (Å²) in [4.78, 5) is 18.9. The van der Waals surface area contributed by atoms with Crippen molar-refractivity contribution in [2.24, 2.45) is 0 Å². The number of aromatic nitrogens is 2. The lowest BCUT2D eigenvalue weighted by atomic mass is 10.0. The molecule has 6 heteroatoms. The fourth-order valence-corrected chi connectivity index (χ4v) is 3.65. The van der Waals surface area contributed by atoms with Crippen molar-refractivity contribution in [1.82, 2.24) is 15.0 Å². The van der Waals surface area contributed by atoms with Crippen LogP contribution in [0.15, 0.2) is 47.0 Å². The predicted molar refractivity (Wildman–Crippen MR) is 103 cm³/mol. The molecule has 27 heavy (non-hydrogen) atoms. The van der Waals surface area contributed by atoms with E-state index < -0.39 is 0 Å². The Kier molecular flexibility index (Phi) is 4.70. The summed E-state index contributed by atoms with van der Waals surface area (Å²) < 4.78 is 5.52. The summed E-state index contributed by atoms with van der Waals surface area (Å²) in [5.41, 5.74) is 4.29. The van der Waals surface area contributed by atoms with Crippen molar-refractivity contribution < 1.29 is 9.32 Å². The number of likely N-dealkylation sites (tertiary alicyclic amines) is 1. The fraction of sp³-hybridized carbons (Fsp3) is 0.286. The third-order valence-corrected chi connectivity index (χ3v) is 5.22. The number of carbonyl (C=O) groups excluding carboxylic acids is 1. The molecule has 0 saturated carbocycles. The second-order valence-corrected chi connectivity index (χ2v) is 7.41. The van der Waals surface area contributed by atoms with Gasteiger partial charge in [0, 0.05) is 23.6 Å². The summed E-state index contributed by atoms with van der Waals surface area (Å²) in [6.07, 6.45) is 1.17. The van der Waals surface area contributed by atoms with Gasteiger partial charge in [0.2, 0.25) is 17.6 Å². The molecule has 1 amide bonds. The zero-order valence-electron chi connectivity index (χ0n) is 15.3. The normalized spacial score (nSPS) is 16.9. The van der Waals surface area contributed by atoms with E-state index in [0.29, 0.717) is 36.1 Å². The maximum atomic E-state index is 12.5. The zero-order valence-corrected chi connectivity index (χ0v) is 16.0. The Morgan fingerprint density at radius 1 is 1.22 bits per heavy atom. The second-order valence-electron chi connectivity index (χ2n) is 6.97. The highest BCUT2D eigenvalue weighted by atomic mass is 35.5. The molecule has 1 aromatic heterocycles. The van der Waals surface area contributed by atoms with Crippen LogP contribution in [0.4, 0.5) is 0 Å². The standard InChI is InChI=1S/C21H20ClN3O2/c1-13-6-7-14(2)16(10-13)12-25-18(8-9-19(25)26)21-23-20(24-27-21)15-4-3-5-17(22)11-15/h3-7,10-11,18H,8-9,12H2,1-2H3. The molecule has 0 radical (unpaired) electrons. The fourth-order valence-electron chi connectivity index (χ4n) is 3.46. The number of carbonyl (C=O) groups is 1. The lowest BCUT2D eigenvalue weighted by molar-refractivity contribution is -0.130. The summed E-state index contributed by atoms with van der Waals surface area (Å²) in [5, 5.41) is 4.70. The van der Waals surface area contributed by atoms with E-state index >= 15 is 0 Å². The number of aryl methyl sites for hydroxylation is 2. The zero-order chi connectivity index (χ0) is 19.0. The van der Waals surface area contributed by atoms with Crippen LogP contribution < -0.4 is 0 Å². The van der Waals surface area contributed by atoms with Gasteiger partial charge >= 0.3 is 0 Å². The summed E-state index contributed by atoms with van der Waals surface area (Å²) in [7, 11) is 0. The van der Waals surface area contributed by atoms with Gasteiger partial charge in [-0.1, -0.05) is 52.7 Å². The lowest BCUT2D eigenvalue weighted by Gasteiger charge is -2.23. The number of nitrogens with zero attached hydrogens (tertiary/aromatic N) is 3. The van der Waals surface area contributed by atoms with Crippen LogP contribution in [0.3, 0.4) is 0 Å².